The Hall–Kier alpha value is -0.880. The second kappa shape index (κ2) is 5.45. The van der Waals surface area contributed by atoms with Crippen molar-refractivity contribution in [1.82, 2.24) is 0 Å². The van der Waals surface area contributed by atoms with Gasteiger partial charge in [-0.15, -0.1) is 11.3 Å². The maximum Gasteiger partial charge on any atom is 0.411 e. The molecular weight excluding hydrogens is 241 g/mol. The average molecular weight is 252 g/mol. The zero-order valence-electron chi connectivity index (χ0n) is 8.63. The molecule has 0 aliphatic carbocycles. The molecule has 90 valence electrons. The first-order chi connectivity index (χ1) is 7.38. The van der Waals surface area contributed by atoms with Crippen molar-refractivity contribution in [3.8, 4) is 0 Å². The van der Waals surface area contributed by atoms with Crippen molar-refractivity contribution in [2.45, 2.75) is 19.5 Å². The third-order valence-electron chi connectivity index (χ3n) is 1.79. The number of halogens is 3. The fraction of sp³-hybridized carbons (Fsp3) is 0.500. The number of Topliss-reactive ketones (excluding diaryl/α,β-unsaturated/α-hetero) is 1. The van der Waals surface area contributed by atoms with Gasteiger partial charge in [0.1, 0.15) is 6.61 Å². The van der Waals surface area contributed by atoms with E-state index in [-0.39, 0.29) is 18.8 Å². The van der Waals surface area contributed by atoms with Crippen LogP contribution in [-0.2, 0) is 4.74 Å². The van der Waals surface area contributed by atoms with E-state index in [1.54, 1.807) is 11.4 Å². The van der Waals surface area contributed by atoms with E-state index in [1.165, 1.54) is 11.3 Å². The number of rotatable bonds is 5. The van der Waals surface area contributed by atoms with Crippen LogP contribution in [0.25, 0.3) is 0 Å². The molecule has 16 heavy (non-hydrogen) atoms. The lowest BCUT2D eigenvalue weighted by atomic mass is 10.1. The van der Waals surface area contributed by atoms with Crippen LogP contribution in [0.4, 0.5) is 13.2 Å². The first kappa shape index (κ1) is 13.2. The van der Waals surface area contributed by atoms with Gasteiger partial charge in [0.25, 0.3) is 0 Å². The van der Waals surface area contributed by atoms with E-state index in [2.05, 4.69) is 4.74 Å². The Morgan fingerprint density at radius 2 is 2.19 bits per heavy atom. The fourth-order valence-corrected chi connectivity index (χ4v) is 1.79. The molecule has 1 heterocycles. The summed E-state index contributed by atoms with van der Waals surface area (Å²) in [6.45, 7) is 0.359. The summed E-state index contributed by atoms with van der Waals surface area (Å²) < 4.78 is 39.4. The highest BCUT2D eigenvalue weighted by molar-refractivity contribution is 7.10. The second-order valence-electron chi connectivity index (χ2n) is 3.29. The first-order valence-corrected chi connectivity index (χ1v) is 5.49. The molecule has 0 unspecified atom stereocenters. The Morgan fingerprint density at radius 3 is 2.69 bits per heavy atom. The molecule has 0 saturated heterocycles. The van der Waals surface area contributed by atoms with Crippen LogP contribution in [0.15, 0.2) is 11.4 Å². The van der Waals surface area contributed by atoms with Crippen molar-refractivity contribution < 1.29 is 22.7 Å². The summed E-state index contributed by atoms with van der Waals surface area (Å²) >= 11 is 1.43. The van der Waals surface area contributed by atoms with E-state index in [4.69, 9.17) is 0 Å². The summed E-state index contributed by atoms with van der Waals surface area (Å²) in [7, 11) is 0. The lowest BCUT2D eigenvalue weighted by molar-refractivity contribution is -0.173. The van der Waals surface area contributed by atoms with Crippen LogP contribution >= 0.6 is 11.3 Å². The predicted octanol–water partition coefficient (Wildman–Crippen LogP) is 3.21. The smallest absolute Gasteiger partial charge is 0.372 e. The number of ether oxygens (including phenoxy) is 1. The summed E-state index contributed by atoms with van der Waals surface area (Å²) in [5, 5.41) is 1.70. The van der Waals surface area contributed by atoms with Gasteiger partial charge in [0.2, 0.25) is 0 Å². The summed E-state index contributed by atoms with van der Waals surface area (Å²) in [6.07, 6.45) is -4.35. The van der Waals surface area contributed by atoms with Gasteiger partial charge >= 0.3 is 6.18 Å². The van der Waals surface area contributed by atoms with Crippen molar-refractivity contribution in [3.63, 3.8) is 0 Å². The lowest BCUT2D eigenvalue weighted by Gasteiger charge is -2.06. The van der Waals surface area contributed by atoms with Crippen LogP contribution < -0.4 is 0 Å². The number of thiophene rings is 1. The number of carbonyl (C=O) groups excluding carboxylic acids is 1. The van der Waals surface area contributed by atoms with E-state index >= 15 is 0 Å². The summed E-state index contributed by atoms with van der Waals surface area (Å²) in [5.74, 6) is -0.188. The van der Waals surface area contributed by atoms with Crippen molar-refractivity contribution in [1.29, 1.82) is 0 Å². The van der Waals surface area contributed by atoms with Crippen molar-refractivity contribution in [2.75, 3.05) is 13.2 Å². The Morgan fingerprint density at radius 1 is 1.50 bits per heavy atom. The molecule has 2 nitrogen and oxygen atoms in total. The van der Waals surface area contributed by atoms with Gasteiger partial charge < -0.3 is 4.74 Å². The monoisotopic (exact) mass is 252 g/mol. The van der Waals surface area contributed by atoms with Crippen molar-refractivity contribution >= 4 is 17.1 Å². The van der Waals surface area contributed by atoms with E-state index in [0.29, 0.717) is 5.56 Å². The standard InChI is InChI=1S/C10H11F3O2S/c1-7-4-8(5-16-7)9(14)2-3-15-6-10(11,12)13/h4-5H,2-3,6H2,1H3. The number of hydrogen-bond donors (Lipinski definition) is 0. The quantitative estimate of drug-likeness (QED) is 0.594. The third kappa shape index (κ3) is 4.76. The molecule has 0 radical (unpaired) electrons. The van der Waals surface area contributed by atoms with Gasteiger partial charge in [0, 0.05) is 22.2 Å². The van der Waals surface area contributed by atoms with Crippen molar-refractivity contribution in [3.05, 3.63) is 21.9 Å². The maximum atomic E-state index is 11.7. The summed E-state index contributed by atoms with van der Waals surface area (Å²) in [5.41, 5.74) is 0.540. The molecule has 6 heteroatoms. The highest BCUT2D eigenvalue weighted by Gasteiger charge is 2.27. The number of ketones is 1. The lowest BCUT2D eigenvalue weighted by Crippen LogP contribution is -2.18. The minimum absolute atomic E-state index is 0.0216. The topological polar surface area (TPSA) is 26.3 Å². The van der Waals surface area contributed by atoms with Gasteiger partial charge in [0.15, 0.2) is 5.78 Å². The number of alkyl halides is 3. The van der Waals surface area contributed by atoms with Gasteiger partial charge in [-0.2, -0.15) is 13.2 Å². The van der Waals surface area contributed by atoms with Gasteiger partial charge in [-0.1, -0.05) is 0 Å². The molecule has 0 amide bonds. The number of carbonyl (C=O) groups is 1. The minimum Gasteiger partial charge on any atom is -0.372 e. The Balaban J connectivity index is 2.26. The molecule has 0 spiro atoms. The van der Waals surface area contributed by atoms with Gasteiger partial charge in [-0.3, -0.25) is 4.79 Å². The molecule has 1 aromatic heterocycles. The van der Waals surface area contributed by atoms with Gasteiger partial charge in [-0.05, 0) is 13.0 Å². The summed E-state index contributed by atoms with van der Waals surface area (Å²) in [4.78, 5) is 12.4. The molecule has 0 bridgehead atoms. The molecule has 0 N–H and O–H groups in total. The number of hydrogen-bond acceptors (Lipinski definition) is 3. The molecule has 1 aromatic rings. The third-order valence-corrected chi connectivity index (χ3v) is 2.65. The average Bonchev–Trinajstić information content (AvgIpc) is 2.57. The van der Waals surface area contributed by atoms with Crippen molar-refractivity contribution in [2.24, 2.45) is 0 Å². The SMILES string of the molecule is Cc1cc(C(=O)CCOCC(F)(F)F)cs1. The predicted molar refractivity (Wildman–Crippen MR) is 54.9 cm³/mol. The molecule has 0 aliphatic rings. The zero-order valence-corrected chi connectivity index (χ0v) is 9.45. The van der Waals surface area contributed by atoms with Crippen LogP contribution in [0.3, 0.4) is 0 Å². The molecule has 1 rings (SSSR count). The molecule has 0 aromatic carbocycles. The van der Waals surface area contributed by atoms with Crippen LogP contribution in [0.2, 0.25) is 0 Å². The van der Waals surface area contributed by atoms with Crippen LogP contribution in [0.1, 0.15) is 21.7 Å². The molecule has 0 fully saturated rings. The molecule has 0 atom stereocenters. The zero-order chi connectivity index (χ0) is 12.2. The fourth-order valence-electron chi connectivity index (χ4n) is 1.09. The van der Waals surface area contributed by atoms with Crippen LogP contribution in [0.5, 0.6) is 0 Å². The van der Waals surface area contributed by atoms with Gasteiger partial charge in [-0.25, -0.2) is 0 Å². The molecule has 0 saturated carbocycles. The van der Waals surface area contributed by atoms with E-state index in [0.717, 1.165) is 4.88 Å². The number of aryl methyl sites for hydroxylation is 1. The Labute approximate surface area is 95.0 Å². The minimum atomic E-state index is -4.33. The second-order valence-corrected chi connectivity index (χ2v) is 4.40. The normalized spacial score (nSPS) is 11.8. The van der Waals surface area contributed by atoms with Crippen LogP contribution in [-0.4, -0.2) is 25.2 Å². The highest BCUT2D eigenvalue weighted by Crippen LogP contribution is 2.16. The highest BCUT2D eigenvalue weighted by atomic mass is 32.1. The Kier molecular flexibility index (Phi) is 4.49. The molecule has 0 aliphatic heterocycles. The first-order valence-electron chi connectivity index (χ1n) is 4.61. The van der Waals surface area contributed by atoms with Crippen LogP contribution in [0, 0.1) is 6.92 Å². The Bertz CT molecular complexity index is 357. The summed E-state index contributed by atoms with van der Waals surface area (Å²) in [6, 6.07) is 1.72. The maximum absolute atomic E-state index is 11.7. The van der Waals surface area contributed by atoms with Gasteiger partial charge in [0.05, 0.1) is 6.61 Å². The van der Waals surface area contributed by atoms with E-state index in [1.807, 2.05) is 6.92 Å². The van der Waals surface area contributed by atoms with E-state index in [9.17, 15) is 18.0 Å². The molecular formula is C10H11F3O2S. The largest absolute Gasteiger partial charge is 0.411 e. The van der Waals surface area contributed by atoms with E-state index < -0.39 is 12.8 Å².